The maximum absolute atomic E-state index is 14.4. The maximum Gasteiger partial charge on any atom is 0.343 e. The summed E-state index contributed by atoms with van der Waals surface area (Å²) in [4.78, 5) is 54.9. The first-order valence-corrected chi connectivity index (χ1v) is 13.5. The van der Waals surface area contributed by atoms with Crippen LogP contribution >= 0.6 is 0 Å². The van der Waals surface area contributed by atoms with Crippen molar-refractivity contribution >= 4 is 23.7 Å². The summed E-state index contributed by atoms with van der Waals surface area (Å²) in [5.74, 6) is -5.13. The van der Waals surface area contributed by atoms with Crippen molar-refractivity contribution in [1.29, 1.82) is 0 Å². The van der Waals surface area contributed by atoms with E-state index in [0.717, 1.165) is 0 Å². The lowest BCUT2D eigenvalue weighted by Crippen LogP contribution is -2.82. The average molecular weight is 527 g/mol. The standard InChI is InChI=1S/C28H30O10/c1-23-10-18-25(3)28-20(23)27(22(33)38-28,35-11-16(23)19(31)36-18)15-5-4-12-8-13(29)9-17(30)24(12,2)14(15)6-7-26(28,34)21(32)37-25/h4-5,8,13-16,18,20,29,34H,6-7,9-11H2,1-3H3/t13?,14-,15+,16-,18+,20+,23+,24-,25-,26+,27-,28-/m0/s1. The highest BCUT2D eigenvalue weighted by Crippen LogP contribution is 2.76. The summed E-state index contributed by atoms with van der Waals surface area (Å²) in [5, 5.41) is 22.7. The lowest BCUT2D eigenvalue weighted by atomic mass is 9.39. The Morgan fingerprint density at radius 3 is 2.58 bits per heavy atom. The van der Waals surface area contributed by atoms with Crippen LogP contribution < -0.4 is 0 Å². The summed E-state index contributed by atoms with van der Waals surface area (Å²) in [6.45, 7) is 5.21. The van der Waals surface area contributed by atoms with Crippen LogP contribution in [0.15, 0.2) is 23.8 Å². The van der Waals surface area contributed by atoms with Gasteiger partial charge in [-0.1, -0.05) is 25.2 Å². The minimum atomic E-state index is -2.23. The molecule has 8 rings (SSSR count). The first-order valence-electron chi connectivity index (χ1n) is 13.5. The van der Waals surface area contributed by atoms with Crippen molar-refractivity contribution in [2.24, 2.45) is 34.5 Å². The summed E-state index contributed by atoms with van der Waals surface area (Å²) in [5.41, 5.74) is -8.70. The Bertz CT molecular complexity index is 1330. The maximum atomic E-state index is 14.4. The normalized spacial score (nSPS) is 59.0. The molecule has 12 atom stereocenters. The molecule has 1 spiro atoms. The van der Waals surface area contributed by atoms with E-state index in [1.807, 2.05) is 19.9 Å². The molecule has 10 heteroatoms. The fourth-order valence-electron chi connectivity index (χ4n) is 10.3. The molecule has 2 N–H and O–H groups in total. The third-order valence-electron chi connectivity index (χ3n) is 12.0. The van der Waals surface area contributed by atoms with Gasteiger partial charge in [-0.15, -0.1) is 0 Å². The van der Waals surface area contributed by atoms with Gasteiger partial charge >= 0.3 is 17.9 Å². The zero-order valence-electron chi connectivity index (χ0n) is 21.4. The highest BCUT2D eigenvalue weighted by Gasteiger charge is 2.95. The molecule has 0 aromatic rings. The number of carbonyl (C=O) groups excluding carboxylic acids is 4. The Hall–Kier alpha value is -2.56. The number of ether oxygens (including phenoxy) is 4. The molecule has 6 fully saturated rings. The third-order valence-corrected chi connectivity index (χ3v) is 12.0. The number of hydrogen-bond acceptors (Lipinski definition) is 10. The Morgan fingerprint density at radius 1 is 1.05 bits per heavy atom. The van der Waals surface area contributed by atoms with Crippen LogP contribution in [0.5, 0.6) is 0 Å². The summed E-state index contributed by atoms with van der Waals surface area (Å²) >= 11 is 0. The Morgan fingerprint density at radius 2 is 1.82 bits per heavy atom. The zero-order chi connectivity index (χ0) is 26.8. The number of carbonyl (C=O) groups is 4. The van der Waals surface area contributed by atoms with Crippen LogP contribution in [-0.4, -0.2) is 75.1 Å². The molecule has 4 saturated heterocycles. The van der Waals surface area contributed by atoms with E-state index in [1.165, 1.54) is 0 Å². The fourth-order valence-corrected chi connectivity index (χ4v) is 10.3. The second-order valence-corrected chi connectivity index (χ2v) is 13.3. The van der Waals surface area contributed by atoms with Gasteiger partial charge in [0.05, 0.1) is 30.0 Å². The minimum Gasteiger partial charge on any atom is -0.458 e. The van der Waals surface area contributed by atoms with E-state index in [4.69, 9.17) is 18.9 Å². The van der Waals surface area contributed by atoms with Crippen LogP contribution in [0.2, 0.25) is 0 Å². The Kier molecular flexibility index (Phi) is 3.84. The number of Topliss-reactive ketones (excluding diaryl/α,β-unsaturated/α-hetero) is 1. The van der Waals surface area contributed by atoms with E-state index in [-0.39, 0.29) is 31.7 Å². The number of esters is 3. The van der Waals surface area contributed by atoms with Crippen LogP contribution in [0.1, 0.15) is 46.5 Å². The van der Waals surface area contributed by atoms with Crippen molar-refractivity contribution in [2.75, 3.05) is 6.61 Å². The van der Waals surface area contributed by atoms with E-state index in [9.17, 15) is 29.4 Å². The van der Waals surface area contributed by atoms with Crippen molar-refractivity contribution in [2.45, 2.75) is 81.1 Å². The van der Waals surface area contributed by atoms with Crippen molar-refractivity contribution in [3.05, 3.63) is 23.8 Å². The van der Waals surface area contributed by atoms with Crippen LogP contribution in [0, 0.1) is 34.5 Å². The smallest absolute Gasteiger partial charge is 0.343 e. The predicted octanol–water partition coefficient (Wildman–Crippen LogP) is 0.528. The van der Waals surface area contributed by atoms with Crippen molar-refractivity contribution in [1.82, 2.24) is 0 Å². The van der Waals surface area contributed by atoms with E-state index in [1.54, 1.807) is 19.1 Å². The van der Waals surface area contributed by atoms with Crippen LogP contribution in [0.25, 0.3) is 0 Å². The summed E-state index contributed by atoms with van der Waals surface area (Å²) in [6.07, 6.45) is 3.83. The number of fused-ring (bicyclic) bond motifs is 5. The molecule has 4 aliphatic heterocycles. The van der Waals surface area contributed by atoms with Gasteiger partial charge < -0.3 is 29.2 Å². The van der Waals surface area contributed by atoms with E-state index < -0.39 is 87.0 Å². The molecule has 1 unspecified atom stereocenters. The third kappa shape index (κ3) is 1.98. The zero-order valence-corrected chi connectivity index (χ0v) is 21.4. The van der Waals surface area contributed by atoms with Gasteiger partial charge in [-0.2, -0.15) is 0 Å². The van der Waals surface area contributed by atoms with E-state index in [2.05, 4.69) is 0 Å². The average Bonchev–Trinajstić information content (AvgIpc) is 3.22. The van der Waals surface area contributed by atoms with Gasteiger partial charge in [-0.25, -0.2) is 9.59 Å². The van der Waals surface area contributed by atoms with Crippen LogP contribution in [-0.2, 0) is 38.1 Å². The molecule has 4 aliphatic carbocycles. The first-order chi connectivity index (χ1) is 17.8. The Labute approximate surface area is 218 Å². The molecular weight excluding hydrogens is 496 g/mol. The highest BCUT2D eigenvalue weighted by atomic mass is 16.7. The molecule has 4 bridgehead atoms. The van der Waals surface area contributed by atoms with Crippen molar-refractivity contribution in [3.8, 4) is 0 Å². The number of hydrogen-bond donors (Lipinski definition) is 2. The summed E-state index contributed by atoms with van der Waals surface area (Å²) in [6, 6.07) is 0. The van der Waals surface area contributed by atoms with Gasteiger partial charge in [0.2, 0.25) is 11.2 Å². The van der Waals surface area contributed by atoms with E-state index in [0.29, 0.717) is 12.0 Å². The van der Waals surface area contributed by atoms with Crippen LogP contribution in [0.4, 0.5) is 0 Å². The largest absolute Gasteiger partial charge is 0.458 e. The van der Waals surface area contributed by atoms with Gasteiger partial charge in [-0.05, 0) is 50.0 Å². The fraction of sp³-hybridized carbons (Fsp3) is 0.714. The minimum absolute atomic E-state index is 0.0690. The molecule has 202 valence electrons. The number of ketones is 1. The van der Waals surface area contributed by atoms with Crippen molar-refractivity contribution in [3.63, 3.8) is 0 Å². The second-order valence-electron chi connectivity index (χ2n) is 13.3. The molecule has 38 heavy (non-hydrogen) atoms. The number of rotatable bonds is 0. The van der Waals surface area contributed by atoms with Crippen LogP contribution in [0.3, 0.4) is 0 Å². The molecule has 10 nitrogen and oxygen atoms in total. The van der Waals surface area contributed by atoms with Gasteiger partial charge in [0.25, 0.3) is 0 Å². The second kappa shape index (κ2) is 6.26. The van der Waals surface area contributed by atoms with Gasteiger partial charge in [-0.3, -0.25) is 9.59 Å². The number of aliphatic hydroxyl groups is 2. The topological polar surface area (TPSA) is 146 Å². The number of allylic oxidation sites excluding steroid dienone is 2. The monoisotopic (exact) mass is 526 g/mol. The van der Waals surface area contributed by atoms with Gasteiger partial charge in [0, 0.05) is 12.3 Å². The molecular formula is C28H30O10. The molecule has 4 heterocycles. The lowest BCUT2D eigenvalue weighted by Gasteiger charge is -2.67. The lowest BCUT2D eigenvalue weighted by molar-refractivity contribution is -0.329. The molecule has 2 saturated carbocycles. The SMILES string of the molecule is C[C@]12C(=O)CC(O)C=C1C=C[C@@H]1[C@@H]2CC[C@@]2(O)C(=O)O[C@@]3(C)[C@H]4C[C@@]5(C)[C@@H]6[C@]1(OC[C@H]5C(=O)O4)C(=O)O[C@]623. The molecule has 0 radical (unpaired) electrons. The quantitative estimate of drug-likeness (QED) is 0.339. The van der Waals surface area contributed by atoms with E-state index >= 15 is 0 Å². The Balaban J connectivity index is 1.45. The van der Waals surface area contributed by atoms with Crippen molar-refractivity contribution < 1.29 is 48.3 Å². The predicted molar refractivity (Wildman–Crippen MR) is 124 cm³/mol. The number of aliphatic hydroxyl groups excluding tert-OH is 1. The van der Waals surface area contributed by atoms with Gasteiger partial charge in [0.15, 0.2) is 11.2 Å². The molecule has 8 aliphatic rings. The first kappa shape index (κ1) is 23.3. The summed E-state index contributed by atoms with van der Waals surface area (Å²) < 4.78 is 24.5. The van der Waals surface area contributed by atoms with Gasteiger partial charge in [0.1, 0.15) is 11.9 Å². The highest BCUT2D eigenvalue weighted by molar-refractivity contribution is 5.95. The molecule has 0 aromatic carbocycles. The summed E-state index contributed by atoms with van der Waals surface area (Å²) in [7, 11) is 0. The molecule has 0 amide bonds. The molecule has 0 aromatic heterocycles.